The lowest BCUT2D eigenvalue weighted by Gasteiger charge is -2.34. The van der Waals surface area contributed by atoms with Gasteiger partial charge in [-0.05, 0) is 32.4 Å². The van der Waals surface area contributed by atoms with Crippen LogP contribution in [0.4, 0.5) is 0 Å². The smallest absolute Gasteiger partial charge is 0.169 e. The van der Waals surface area contributed by atoms with Crippen molar-refractivity contribution in [2.24, 2.45) is 0 Å². The Morgan fingerprint density at radius 2 is 2.05 bits per heavy atom. The zero-order chi connectivity index (χ0) is 13.9. The molecule has 0 saturated carbocycles. The summed E-state index contributed by atoms with van der Waals surface area (Å²) in [5.41, 5.74) is 0.542. The van der Waals surface area contributed by atoms with E-state index in [0.717, 1.165) is 42.3 Å². The largest absolute Gasteiger partial charge is 0.494 e. The number of hydrogen-bond donors (Lipinski definition) is 0. The van der Waals surface area contributed by atoms with Crippen molar-refractivity contribution in [2.75, 3.05) is 13.7 Å². The molecule has 0 unspecified atom stereocenters. The van der Waals surface area contributed by atoms with E-state index in [1.54, 1.807) is 7.11 Å². The summed E-state index contributed by atoms with van der Waals surface area (Å²) < 4.78 is 17.3. The van der Waals surface area contributed by atoms with Gasteiger partial charge in [-0.2, -0.15) is 0 Å². The lowest BCUT2D eigenvalue weighted by Crippen LogP contribution is -2.34. The van der Waals surface area contributed by atoms with Crippen LogP contribution in [0.3, 0.4) is 0 Å². The highest BCUT2D eigenvalue weighted by atomic mass is 16.6. The Balaban J connectivity index is 2.30. The molecule has 0 saturated heterocycles. The van der Waals surface area contributed by atoms with Gasteiger partial charge in [0, 0.05) is 5.56 Å². The van der Waals surface area contributed by atoms with Crippen molar-refractivity contribution in [3.8, 4) is 11.5 Å². The summed E-state index contributed by atoms with van der Waals surface area (Å²) >= 11 is 0. The molecule has 0 N–H and O–H groups in total. The zero-order valence-corrected chi connectivity index (χ0v) is 12.2. The summed E-state index contributed by atoms with van der Waals surface area (Å²) in [5.74, 6) is 2.42. The Kier molecular flexibility index (Phi) is 4.03. The first-order chi connectivity index (χ1) is 9.08. The topological polar surface area (TPSA) is 27.7 Å². The summed E-state index contributed by atoms with van der Waals surface area (Å²) in [4.78, 5) is 0. The molecular formula is C16H22O3. The van der Waals surface area contributed by atoms with E-state index in [1.165, 1.54) is 0 Å². The minimum Gasteiger partial charge on any atom is -0.494 e. The van der Waals surface area contributed by atoms with Crippen LogP contribution in [0.25, 0.3) is 6.08 Å². The van der Waals surface area contributed by atoms with E-state index in [0.29, 0.717) is 0 Å². The number of hydrogen-bond acceptors (Lipinski definition) is 3. The maximum atomic E-state index is 6.07. The summed E-state index contributed by atoms with van der Waals surface area (Å²) in [5, 5.41) is 0. The summed E-state index contributed by atoms with van der Waals surface area (Å²) in [6.07, 6.45) is 4.23. The molecule has 0 amide bonds. The number of rotatable bonds is 5. The average molecular weight is 262 g/mol. The van der Waals surface area contributed by atoms with Crippen LogP contribution in [0.5, 0.6) is 11.5 Å². The highest BCUT2D eigenvalue weighted by Gasteiger charge is 2.33. The second-order valence-electron chi connectivity index (χ2n) is 5.20. The third-order valence-corrected chi connectivity index (χ3v) is 3.22. The van der Waals surface area contributed by atoms with Crippen molar-refractivity contribution in [3.05, 3.63) is 29.5 Å². The van der Waals surface area contributed by atoms with E-state index in [2.05, 4.69) is 13.0 Å². The molecule has 3 nitrogen and oxygen atoms in total. The molecule has 1 aromatic rings. The summed E-state index contributed by atoms with van der Waals surface area (Å²) in [6.45, 7) is 6.91. The fourth-order valence-corrected chi connectivity index (χ4v) is 2.08. The van der Waals surface area contributed by atoms with Crippen molar-refractivity contribution in [1.82, 2.24) is 0 Å². The first kappa shape index (κ1) is 13.8. The molecule has 0 bridgehead atoms. The molecule has 0 aromatic heterocycles. The van der Waals surface area contributed by atoms with Crippen molar-refractivity contribution >= 4 is 6.08 Å². The third-order valence-electron chi connectivity index (χ3n) is 3.22. The van der Waals surface area contributed by atoms with Gasteiger partial charge in [-0.25, -0.2) is 0 Å². The molecule has 0 radical (unpaired) electrons. The molecule has 0 atom stereocenters. The van der Waals surface area contributed by atoms with Gasteiger partial charge >= 0.3 is 0 Å². The number of benzene rings is 1. The predicted molar refractivity (Wildman–Crippen MR) is 76.5 cm³/mol. The quantitative estimate of drug-likeness (QED) is 0.750. The van der Waals surface area contributed by atoms with Gasteiger partial charge in [-0.3, -0.25) is 0 Å². The highest BCUT2D eigenvalue weighted by molar-refractivity contribution is 5.66. The van der Waals surface area contributed by atoms with Crippen LogP contribution < -0.4 is 9.47 Å². The van der Waals surface area contributed by atoms with Gasteiger partial charge in [-0.1, -0.05) is 25.5 Å². The lowest BCUT2D eigenvalue weighted by atomic mass is 9.99. The monoisotopic (exact) mass is 262 g/mol. The Bertz CT molecular complexity index is 475. The first-order valence-electron chi connectivity index (χ1n) is 6.79. The van der Waals surface area contributed by atoms with Gasteiger partial charge in [0.25, 0.3) is 0 Å². The van der Waals surface area contributed by atoms with E-state index in [4.69, 9.17) is 14.2 Å². The van der Waals surface area contributed by atoms with Crippen LogP contribution in [-0.2, 0) is 4.74 Å². The fraction of sp³-hybridized carbons (Fsp3) is 0.500. The molecule has 1 aromatic carbocycles. The number of methoxy groups -OCH3 is 1. The second-order valence-corrected chi connectivity index (χ2v) is 5.20. The van der Waals surface area contributed by atoms with Gasteiger partial charge in [0.05, 0.1) is 13.7 Å². The summed E-state index contributed by atoms with van der Waals surface area (Å²) in [7, 11) is 1.66. The Morgan fingerprint density at radius 3 is 2.74 bits per heavy atom. The van der Waals surface area contributed by atoms with Crippen LogP contribution in [0, 0.1) is 0 Å². The van der Waals surface area contributed by atoms with Crippen LogP contribution >= 0.6 is 0 Å². The van der Waals surface area contributed by atoms with Crippen molar-refractivity contribution < 1.29 is 14.2 Å². The van der Waals surface area contributed by atoms with Gasteiger partial charge in [0.1, 0.15) is 5.76 Å². The third kappa shape index (κ3) is 2.86. The van der Waals surface area contributed by atoms with Crippen LogP contribution in [-0.4, -0.2) is 19.3 Å². The maximum Gasteiger partial charge on any atom is 0.169 e. The summed E-state index contributed by atoms with van der Waals surface area (Å²) in [6, 6.07) is 5.88. The lowest BCUT2D eigenvalue weighted by molar-refractivity contribution is 0.0539. The molecular weight excluding hydrogens is 240 g/mol. The molecule has 1 heterocycles. The molecule has 1 aliphatic rings. The van der Waals surface area contributed by atoms with E-state index in [-0.39, 0.29) is 0 Å². The molecule has 0 spiro atoms. The van der Waals surface area contributed by atoms with E-state index < -0.39 is 5.60 Å². The molecule has 2 rings (SSSR count). The van der Waals surface area contributed by atoms with E-state index >= 15 is 0 Å². The Labute approximate surface area is 115 Å². The van der Waals surface area contributed by atoms with Gasteiger partial charge in [0.15, 0.2) is 17.1 Å². The molecule has 0 aliphatic carbocycles. The predicted octanol–water partition coefficient (Wildman–Crippen LogP) is 4.02. The average Bonchev–Trinajstić information content (AvgIpc) is 2.38. The minimum atomic E-state index is -0.463. The van der Waals surface area contributed by atoms with Crippen LogP contribution in [0.15, 0.2) is 24.0 Å². The number of fused-ring (bicyclic) bond motifs is 1. The second kappa shape index (κ2) is 5.55. The molecule has 19 heavy (non-hydrogen) atoms. The first-order valence-corrected chi connectivity index (χ1v) is 6.79. The van der Waals surface area contributed by atoms with Crippen molar-refractivity contribution in [2.45, 2.75) is 39.2 Å². The number of unbranched alkanes of at least 4 members (excludes halogenated alkanes) is 1. The van der Waals surface area contributed by atoms with Gasteiger partial charge in [-0.15, -0.1) is 0 Å². The number of para-hydroxylation sites is 1. The van der Waals surface area contributed by atoms with Crippen molar-refractivity contribution in [3.63, 3.8) is 0 Å². The molecule has 1 aliphatic heterocycles. The molecule has 0 fully saturated rings. The molecule has 3 heteroatoms. The Hall–Kier alpha value is -1.64. The highest BCUT2D eigenvalue weighted by Crippen LogP contribution is 2.41. The minimum absolute atomic E-state index is 0.463. The van der Waals surface area contributed by atoms with Crippen LogP contribution in [0.1, 0.15) is 39.2 Å². The van der Waals surface area contributed by atoms with Crippen LogP contribution in [0.2, 0.25) is 0 Å². The zero-order valence-electron chi connectivity index (χ0n) is 12.2. The van der Waals surface area contributed by atoms with Crippen molar-refractivity contribution in [1.29, 1.82) is 0 Å². The SMILES string of the molecule is CCCCOC1=Cc2cccc(OC)c2OC1(C)C. The Morgan fingerprint density at radius 1 is 1.26 bits per heavy atom. The molecule has 104 valence electrons. The van der Waals surface area contributed by atoms with E-state index in [1.807, 2.05) is 32.0 Å². The van der Waals surface area contributed by atoms with Gasteiger partial charge < -0.3 is 14.2 Å². The number of ether oxygens (including phenoxy) is 3. The normalized spacial score (nSPS) is 16.1. The fourth-order valence-electron chi connectivity index (χ4n) is 2.08. The van der Waals surface area contributed by atoms with Gasteiger partial charge in [0.2, 0.25) is 0 Å². The standard InChI is InChI=1S/C16H22O3/c1-5-6-10-18-14-11-12-8-7-9-13(17-4)15(12)19-16(14,2)3/h7-9,11H,5-6,10H2,1-4H3. The van der Waals surface area contributed by atoms with E-state index in [9.17, 15) is 0 Å². The maximum absolute atomic E-state index is 6.07.